The zero-order valence-corrected chi connectivity index (χ0v) is 13.1. The van der Waals surface area contributed by atoms with Crippen LogP contribution in [0.3, 0.4) is 0 Å². The third kappa shape index (κ3) is 2.96. The molecule has 2 fully saturated rings. The Labute approximate surface area is 135 Å². The molecule has 2 saturated carbocycles. The highest BCUT2D eigenvalue weighted by Crippen LogP contribution is 2.46. The van der Waals surface area contributed by atoms with Crippen LogP contribution in [0.15, 0.2) is 24.3 Å². The summed E-state index contributed by atoms with van der Waals surface area (Å²) in [4.78, 5) is 23.5. The smallest absolute Gasteiger partial charge is 0.319 e. The molecule has 1 amide bonds. The van der Waals surface area contributed by atoms with Crippen molar-refractivity contribution < 1.29 is 19.1 Å². The highest BCUT2D eigenvalue weighted by Gasteiger charge is 2.57. The largest absolute Gasteiger partial charge is 0.480 e. The molecule has 2 N–H and O–H groups in total. The van der Waals surface area contributed by atoms with Crippen molar-refractivity contribution in [3.05, 3.63) is 35.6 Å². The Balaban J connectivity index is 1.76. The number of carbonyl (C=O) groups is 2. The lowest BCUT2D eigenvalue weighted by Gasteiger charge is -2.38. The fraction of sp³-hybridized carbons (Fsp3) is 0.556. The van der Waals surface area contributed by atoms with Crippen LogP contribution in [0, 0.1) is 11.2 Å². The van der Waals surface area contributed by atoms with Gasteiger partial charge in [0.1, 0.15) is 11.2 Å². The van der Waals surface area contributed by atoms with Crippen molar-refractivity contribution in [2.24, 2.45) is 5.41 Å². The number of carbonyl (C=O) groups excluding carboxylic acids is 1. The van der Waals surface area contributed by atoms with Crippen LogP contribution in [0.1, 0.15) is 50.5 Å². The van der Waals surface area contributed by atoms with Crippen LogP contribution in [-0.2, 0) is 15.0 Å². The van der Waals surface area contributed by atoms with Crippen LogP contribution in [0.5, 0.6) is 0 Å². The summed E-state index contributed by atoms with van der Waals surface area (Å²) >= 11 is 0. The lowest BCUT2D eigenvalue weighted by molar-refractivity contribution is -0.149. The minimum Gasteiger partial charge on any atom is -0.480 e. The monoisotopic (exact) mass is 319 g/mol. The van der Waals surface area contributed by atoms with E-state index in [4.69, 9.17) is 0 Å². The Hall–Kier alpha value is -1.91. The number of nitrogens with one attached hydrogen (secondary N) is 1. The zero-order chi connectivity index (χ0) is 16.5. The van der Waals surface area contributed by atoms with E-state index in [1.54, 1.807) is 12.1 Å². The van der Waals surface area contributed by atoms with Gasteiger partial charge in [-0.15, -0.1) is 0 Å². The molecule has 0 aromatic heterocycles. The fourth-order valence-electron chi connectivity index (χ4n) is 3.68. The second-order valence-electron chi connectivity index (χ2n) is 6.92. The summed E-state index contributed by atoms with van der Waals surface area (Å²) in [6, 6.07) is 6.48. The molecule has 1 aromatic rings. The van der Waals surface area contributed by atoms with E-state index in [2.05, 4.69) is 5.32 Å². The van der Waals surface area contributed by atoms with Crippen LogP contribution in [0.25, 0.3) is 0 Å². The number of aliphatic carboxylic acids is 1. The van der Waals surface area contributed by atoms with E-state index >= 15 is 0 Å². The lowest BCUT2D eigenvalue weighted by Crippen LogP contribution is -2.46. The number of hydrogen-bond acceptors (Lipinski definition) is 2. The molecule has 2 aliphatic carbocycles. The summed E-state index contributed by atoms with van der Waals surface area (Å²) in [6.07, 6.45) is 5.98. The molecule has 23 heavy (non-hydrogen) atoms. The topological polar surface area (TPSA) is 66.4 Å². The van der Waals surface area contributed by atoms with Crippen molar-refractivity contribution in [1.82, 2.24) is 5.32 Å². The third-order valence-corrected chi connectivity index (χ3v) is 5.45. The minimum absolute atomic E-state index is 0.212. The Morgan fingerprint density at radius 3 is 2.17 bits per heavy atom. The summed E-state index contributed by atoms with van der Waals surface area (Å²) < 4.78 is 13.2. The molecule has 0 saturated heterocycles. The molecule has 0 heterocycles. The van der Waals surface area contributed by atoms with Crippen molar-refractivity contribution in [1.29, 1.82) is 0 Å². The first-order valence-electron chi connectivity index (χ1n) is 8.26. The normalized spacial score (nSPS) is 21.4. The number of halogens is 1. The van der Waals surface area contributed by atoms with Crippen molar-refractivity contribution in [3.8, 4) is 0 Å². The maximum atomic E-state index is 13.2. The van der Waals surface area contributed by atoms with Crippen molar-refractivity contribution in [2.45, 2.75) is 50.4 Å². The molecular weight excluding hydrogens is 297 g/mol. The second-order valence-corrected chi connectivity index (χ2v) is 6.92. The quantitative estimate of drug-likeness (QED) is 0.820. The van der Waals surface area contributed by atoms with E-state index in [-0.39, 0.29) is 17.1 Å². The van der Waals surface area contributed by atoms with Gasteiger partial charge >= 0.3 is 5.97 Å². The van der Waals surface area contributed by atoms with Crippen LogP contribution in [0.4, 0.5) is 4.39 Å². The minimum atomic E-state index is -1.21. The van der Waals surface area contributed by atoms with E-state index < -0.39 is 11.4 Å². The van der Waals surface area contributed by atoms with E-state index in [9.17, 15) is 19.1 Å². The molecule has 1 aromatic carbocycles. The highest BCUT2D eigenvalue weighted by atomic mass is 19.1. The second kappa shape index (κ2) is 5.95. The molecule has 2 aliphatic rings. The number of hydrogen-bond donors (Lipinski definition) is 2. The van der Waals surface area contributed by atoms with Crippen LogP contribution in [0.2, 0.25) is 0 Å². The molecule has 0 aliphatic heterocycles. The SMILES string of the molecule is O=C(O)C1(C(=O)NCC2(c3ccc(F)cc3)CCCCC2)CC1. The van der Waals surface area contributed by atoms with Crippen molar-refractivity contribution >= 4 is 11.9 Å². The molecule has 5 heteroatoms. The van der Waals surface area contributed by atoms with Crippen LogP contribution >= 0.6 is 0 Å². The highest BCUT2D eigenvalue weighted by molar-refractivity contribution is 6.04. The summed E-state index contributed by atoms with van der Waals surface area (Å²) in [5, 5.41) is 12.1. The van der Waals surface area contributed by atoms with E-state index in [0.717, 1.165) is 37.7 Å². The number of carboxylic acids is 1. The van der Waals surface area contributed by atoms with Gasteiger partial charge in [-0.3, -0.25) is 9.59 Å². The summed E-state index contributed by atoms with van der Waals surface area (Å²) in [5.74, 6) is -1.68. The average molecular weight is 319 g/mol. The van der Waals surface area contributed by atoms with Gasteiger partial charge in [0.05, 0.1) is 0 Å². The number of benzene rings is 1. The molecule has 0 atom stereocenters. The zero-order valence-electron chi connectivity index (χ0n) is 13.1. The molecule has 124 valence electrons. The van der Waals surface area contributed by atoms with Gasteiger partial charge in [-0.1, -0.05) is 31.4 Å². The third-order valence-electron chi connectivity index (χ3n) is 5.45. The number of amides is 1. The Morgan fingerprint density at radius 2 is 1.65 bits per heavy atom. The molecule has 3 rings (SSSR count). The van der Waals surface area contributed by atoms with E-state index in [1.807, 2.05) is 0 Å². The number of rotatable bonds is 5. The van der Waals surface area contributed by atoms with Gasteiger partial charge in [0.25, 0.3) is 0 Å². The van der Waals surface area contributed by atoms with Gasteiger partial charge in [-0.25, -0.2) is 4.39 Å². The van der Waals surface area contributed by atoms with Gasteiger partial charge in [-0.05, 0) is 43.4 Å². The van der Waals surface area contributed by atoms with E-state index in [0.29, 0.717) is 19.4 Å². The summed E-state index contributed by atoms with van der Waals surface area (Å²) in [7, 11) is 0. The van der Waals surface area contributed by atoms with Crippen LogP contribution < -0.4 is 5.32 Å². The van der Waals surface area contributed by atoms with Crippen molar-refractivity contribution in [3.63, 3.8) is 0 Å². The first-order chi connectivity index (χ1) is 11.0. The molecule has 0 spiro atoms. The summed E-state index contributed by atoms with van der Waals surface area (Å²) in [5.41, 5.74) is -0.395. The molecule has 0 bridgehead atoms. The molecule has 0 unspecified atom stereocenters. The van der Waals surface area contributed by atoms with Gasteiger partial charge < -0.3 is 10.4 Å². The standard InChI is InChI=1S/C18H22FNO3/c19-14-6-4-13(5-7-14)17(8-2-1-3-9-17)12-20-15(21)18(10-11-18)16(22)23/h4-7H,1-3,8-12H2,(H,20,21)(H,22,23). The average Bonchev–Trinajstić information content (AvgIpc) is 3.36. The first-order valence-corrected chi connectivity index (χ1v) is 8.26. The molecule has 4 nitrogen and oxygen atoms in total. The first kappa shape index (κ1) is 16.0. The summed E-state index contributed by atoms with van der Waals surface area (Å²) in [6.45, 7) is 0.423. The predicted octanol–water partition coefficient (Wildman–Crippen LogP) is 3.01. The maximum absolute atomic E-state index is 13.2. The van der Waals surface area contributed by atoms with Gasteiger partial charge in [0.15, 0.2) is 0 Å². The van der Waals surface area contributed by atoms with Gasteiger partial charge in [0, 0.05) is 12.0 Å². The lowest BCUT2D eigenvalue weighted by atomic mass is 9.69. The van der Waals surface area contributed by atoms with Crippen LogP contribution in [-0.4, -0.2) is 23.5 Å². The van der Waals surface area contributed by atoms with E-state index in [1.165, 1.54) is 12.1 Å². The van der Waals surface area contributed by atoms with Gasteiger partial charge in [0.2, 0.25) is 5.91 Å². The molecule has 0 radical (unpaired) electrons. The molecular formula is C18H22FNO3. The number of carboxylic acid groups (broad SMARTS) is 1. The van der Waals surface area contributed by atoms with Gasteiger partial charge in [-0.2, -0.15) is 0 Å². The Morgan fingerprint density at radius 1 is 1.04 bits per heavy atom. The predicted molar refractivity (Wildman–Crippen MR) is 83.5 cm³/mol. The maximum Gasteiger partial charge on any atom is 0.319 e. The fourth-order valence-corrected chi connectivity index (χ4v) is 3.68. The Bertz CT molecular complexity index is 601. The van der Waals surface area contributed by atoms with Crippen molar-refractivity contribution in [2.75, 3.05) is 6.54 Å². The Kier molecular flexibility index (Phi) is 4.13.